The van der Waals surface area contributed by atoms with Gasteiger partial charge >= 0.3 is 6.09 Å². The average Bonchev–Trinajstić information content (AvgIpc) is 3.13. The molecule has 3 rings (SSSR count). The van der Waals surface area contributed by atoms with Crippen molar-refractivity contribution in [3.05, 3.63) is 48.4 Å². The summed E-state index contributed by atoms with van der Waals surface area (Å²) in [6, 6.07) is 9.76. The Balaban J connectivity index is 1.34. The molecule has 0 aromatic heterocycles. The van der Waals surface area contributed by atoms with Crippen LogP contribution >= 0.6 is 0 Å². The molecular weight excluding hydrogens is 294 g/mol. The number of nitrogens with zero attached hydrogens (tertiary/aromatic N) is 1. The van der Waals surface area contributed by atoms with Gasteiger partial charge in [-0.1, -0.05) is 30.3 Å². The van der Waals surface area contributed by atoms with Crippen LogP contribution in [0.25, 0.3) is 0 Å². The van der Waals surface area contributed by atoms with E-state index in [1.54, 1.807) is 12.5 Å². The lowest BCUT2D eigenvalue weighted by molar-refractivity contribution is -0.0335. The van der Waals surface area contributed by atoms with Crippen molar-refractivity contribution in [3.8, 4) is 0 Å². The van der Waals surface area contributed by atoms with Crippen molar-refractivity contribution in [2.45, 2.75) is 38.6 Å². The molecular formula is C18H23NO4. The molecule has 2 heterocycles. The molecule has 2 aliphatic heterocycles. The minimum atomic E-state index is -0.209. The van der Waals surface area contributed by atoms with E-state index in [0.29, 0.717) is 12.5 Å². The van der Waals surface area contributed by atoms with Gasteiger partial charge in [-0.05, 0) is 30.7 Å². The lowest BCUT2D eigenvalue weighted by atomic mass is 9.92. The van der Waals surface area contributed by atoms with Gasteiger partial charge < -0.3 is 19.1 Å². The van der Waals surface area contributed by atoms with Crippen LogP contribution in [0.4, 0.5) is 4.79 Å². The van der Waals surface area contributed by atoms with E-state index in [9.17, 15) is 4.79 Å². The third-order valence-corrected chi connectivity index (χ3v) is 4.40. The van der Waals surface area contributed by atoms with Crippen molar-refractivity contribution < 1.29 is 19.0 Å². The Morgan fingerprint density at radius 1 is 1.09 bits per heavy atom. The molecule has 1 fully saturated rings. The third kappa shape index (κ3) is 4.65. The van der Waals surface area contributed by atoms with Crippen LogP contribution in [0.5, 0.6) is 0 Å². The number of carbonyl (C=O) groups is 1. The van der Waals surface area contributed by atoms with Crippen LogP contribution < -0.4 is 0 Å². The maximum atomic E-state index is 12.1. The molecule has 124 valence electrons. The molecule has 0 atom stereocenters. The van der Waals surface area contributed by atoms with E-state index in [-0.39, 0.29) is 12.4 Å². The van der Waals surface area contributed by atoms with Gasteiger partial charge in [0.1, 0.15) is 19.1 Å². The number of amides is 1. The van der Waals surface area contributed by atoms with Crippen LogP contribution in [0.2, 0.25) is 0 Å². The molecule has 0 N–H and O–H groups in total. The van der Waals surface area contributed by atoms with Crippen molar-refractivity contribution in [2.24, 2.45) is 5.92 Å². The zero-order chi connectivity index (χ0) is 15.9. The molecule has 23 heavy (non-hydrogen) atoms. The van der Waals surface area contributed by atoms with Gasteiger partial charge in [0.2, 0.25) is 6.29 Å². The molecule has 5 nitrogen and oxygen atoms in total. The van der Waals surface area contributed by atoms with Crippen molar-refractivity contribution in [1.29, 1.82) is 0 Å². The van der Waals surface area contributed by atoms with Gasteiger partial charge in [0.25, 0.3) is 0 Å². The highest BCUT2D eigenvalue weighted by Crippen LogP contribution is 2.25. The number of hydrogen-bond donors (Lipinski definition) is 0. The predicted molar refractivity (Wildman–Crippen MR) is 85.3 cm³/mol. The number of ether oxygens (including phenoxy) is 3. The Hall–Kier alpha value is -2.17. The second-order valence-corrected chi connectivity index (χ2v) is 6.02. The number of piperidine rings is 1. The first-order chi connectivity index (χ1) is 11.3. The van der Waals surface area contributed by atoms with E-state index >= 15 is 0 Å². The molecule has 0 radical (unpaired) electrons. The quantitative estimate of drug-likeness (QED) is 0.831. The molecule has 2 aliphatic rings. The highest BCUT2D eigenvalue weighted by Gasteiger charge is 2.25. The Labute approximate surface area is 136 Å². The maximum absolute atomic E-state index is 12.1. The van der Waals surface area contributed by atoms with Gasteiger partial charge in [-0.25, -0.2) is 4.79 Å². The van der Waals surface area contributed by atoms with Gasteiger partial charge in [-0.3, -0.25) is 0 Å². The van der Waals surface area contributed by atoms with E-state index in [1.807, 2.05) is 35.2 Å². The number of carbonyl (C=O) groups excluding carboxylic acids is 1. The van der Waals surface area contributed by atoms with Gasteiger partial charge in [-0.2, -0.15) is 0 Å². The molecule has 1 aromatic carbocycles. The summed E-state index contributed by atoms with van der Waals surface area (Å²) in [5, 5.41) is 0. The largest absolute Gasteiger partial charge is 0.459 e. The van der Waals surface area contributed by atoms with E-state index in [4.69, 9.17) is 14.2 Å². The zero-order valence-electron chi connectivity index (χ0n) is 13.2. The first-order valence-corrected chi connectivity index (χ1v) is 8.23. The van der Waals surface area contributed by atoms with E-state index in [1.165, 1.54) is 0 Å². The highest BCUT2D eigenvalue weighted by atomic mass is 16.7. The Morgan fingerprint density at radius 3 is 2.48 bits per heavy atom. The minimum absolute atomic E-state index is 0.121. The van der Waals surface area contributed by atoms with Crippen molar-refractivity contribution >= 4 is 6.09 Å². The fourth-order valence-corrected chi connectivity index (χ4v) is 2.99. The monoisotopic (exact) mass is 317 g/mol. The predicted octanol–water partition coefficient (Wildman–Crippen LogP) is 3.66. The third-order valence-electron chi connectivity index (χ3n) is 4.40. The SMILES string of the molecule is O=C(OCc1ccccc1)N1CCC(CCC2OC=CO2)CC1. The second-order valence-electron chi connectivity index (χ2n) is 6.02. The fourth-order valence-electron chi connectivity index (χ4n) is 2.99. The molecule has 1 saturated heterocycles. The van der Waals surface area contributed by atoms with Gasteiger partial charge in [0.15, 0.2) is 0 Å². The standard InChI is InChI=1S/C18H23NO4/c20-18(23-14-16-4-2-1-3-5-16)19-10-8-15(9-11-19)6-7-17-21-12-13-22-17/h1-5,12-13,15,17H,6-11,14H2. The number of hydrogen-bond acceptors (Lipinski definition) is 4. The summed E-state index contributed by atoms with van der Waals surface area (Å²) in [4.78, 5) is 13.9. The first-order valence-electron chi connectivity index (χ1n) is 8.23. The summed E-state index contributed by atoms with van der Waals surface area (Å²) in [5.74, 6) is 0.626. The van der Waals surface area contributed by atoms with Crippen LogP contribution in [0, 0.1) is 5.92 Å². The van der Waals surface area contributed by atoms with Crippen LogP contribution in [-0.4, -0.2) is 30.4 Å². The smallest absolute Gasteiger partial charge is 0.410 e. The average molecular weight is 317 g/mol. The van der Waals surface area contributed by atoms with Crippen LogP contribution in [0.3, 0.4) is 0 Å². The van der Waals surface area contributed by atoms with Crippen molar-refractivity contribution in [1.82, 2.24) is 4.90 Å². The van der Waals surface area contributed by atoms with Gasteiger partial charge in [-0.15, -0.1) is 0 Å². The molecule has 0 bridgehead atoms. The Kier molecular flexibility index (Phi) is 5.40. The summed E-state index contributed by atoms with van der Waals surface area (Å²) < 4.78 is 16.0. The van der Waals surface area contributed by atoms with Gasteiger partial charge in [0.05, 0.1) is 0 Å². The van der Waals surface area contributed by atoms with Crippen molar-refractivity contribution in [2.75, 3.05) is 13.1 Å². The lowest BCUT2D eigenvalue weighted by Crippen LogP contribution is -2.38. The molecule has 1 amide bonds. The summed E-state index contributed by atoms with van der Waals surface area (Å²) in [5.41, 5.74) is 1.01. The van der Waals surface area contributed by atoms with Crippen LogP contribution in [-0.2, 0) is 20.8 Å². The van der Waals surface area contributed by atoms with E-state index < -0.39 is 0 Å². The van der Waals surface area contributed by atoms with E-state index in [0.717, 1.165) is 44.3 Å². The number of likely N-dealkylation sites (tertiary alicyclic amines) is 1. The Bertz CT molecular complexity index is 515. The normalized spacial score (nSPS) is 18.5. The molecule has 1 aromatic rings. The molecule has 0 unspecified atom stereocenters. The summed E-state index contributed by atoms with van der Waals surface area (Å²) in [6.45, 7) is 1.87. The van der Waals surface area contributed by atoms with E-state index in [2.05, 4.69) is 0 Å². The number of benzene rings is 1. The Morgan fingerprint density at radius 2 is 1.78 bits per heavy atom. The topological polar surface area (TPSA) is 48.0 Å². The zero-order valence-corrected chi connectivity index (χ0v) is 13.2. The highest BCUT2D eigenvalue weighted by molar-refractivity contribution is 5.67. The van der Waals surface area contributed by atoms with Gasteiger partial charge in [0, 0.05) is 19.5 Å². The second kappa shape index (κ2) is 7.90. The lowest BCUT2D eigenvalue weighted by Gasteiger charge is -2.31. The first kappa shape index (κ1) is 15.7. The van der Waals surface area contributed by atoms with Crippen LogP contribution in [0.1, 0.15) is 31.2 Å². The van der Waals surface area contributed by atoms with Crippen molar-refractivity contribution in [3.63, 3.8) is 0 Å². The summed E-state index contributed by atoms with van der Waals surface area (Å²) in [7, 11) is 0. The molecule has 0 saturated carbocycles. The fraction of sp³-hybridized carbons (Fsp3) is 0.500. The number of rotatable bonds is 5. The maximum Gasteiger partial charge on any atom is 0.410 e. The van der Waals surface area contributed by atoms with Crippen LogP contribution in [0.15, 0.2) is 42.9 Å². The summed E-state index contributed by atoms with van der Waals surface area (Å²) >= 11 is 0. The minimum Gasteiger partial charge on any atom is -0.459 e. The molecule has 0 aliphatic carbocycles. The molecule has 5 heteroatoms. The molecule has 0 spiro atoms. The summed E-state index contributed by atoms with van der Waals surface area (Å²) in [6.07, 6.45) is 6.85.